The Bertz CT molecular complexity index is 869. The number of hydrogen-bond acceptors (Lipinski definition) is 4. The molecule has 0 radical (unpaired) electrons. The molecule has 0 amide bonds. The molecule has 0 atom stereocenters. The van der Waals surface area contributed by atoms with Crippen molar-refractivity contribution in [2.24, 2.45) is 0 Å². The van der Waals surface area contributed by atoms with Crippen LogP contribution in [0.5, 0.6) is 0 Å². The number of fused-ring (bicyclic) bond motifs is 1. The first kappa shape index (κ1) is 18.7. The maximum absolute atomic E-state index is 13.6. The average Bonchev–Trinajstić information content (AvgIpc) is 3.20. The molecular weight excluding hydrogens is 360 g/mol. The van der Waals surface area contributed by atoms with Crippen LogP contribution < -0.4 is 0 Å². The monoisotopic (exact) mass is 388 g/mol. The zero-order valence-corrected chi connectivity index (χ0v) is 16.7. The Morgan fingerprint density at radius 2 is 1.85 bits per heavy atom. The molecule has 1 aromatic carbocycles. The van der Waals surface area contributed by atoms with Crippen molar-refractivity contribution in [3.05, 3.63) is 53.5 Å². The maximum Gasteiger partial charge on any atom is 0.243 e. The van der Waals surface area contributed by atoms with Gasteiger partial charge >= 0.3 is 0 Å². The average molecular weight is 389 g/mol. The number of sulfonamides is 1. The van der Waals surface area contributed by atoms with Gasteiger partial charge in [0, 0.05) is 6.04 Å². The minimum atomic E-state index is -3.57. The number of piperidine rings is 1. The van der Waals surface area contributed by atoms with Gasteiger partial charge in [-0.25, -0.2) is 8.42 Å². The van der Waals surface area contributed by atoms with Crippen molar-refractivity contribution in [3.8, 4) is 0 Å². The highest BCUT2D eigenvalue weighted by molar-refractivity contribution is 7.89. The van der Waals surface area contributed by atoms with Crippen LogP contribution in [-0.2, 0) is 29.4 Å². The van der Waals surface area contributed by atoms with Crippen molar-refractivity contribution in [1.29, 1.82) is 0 Å². The van der Waals surface area contributed by atoms with Gasteiger partial charge in [0.25, 0.3) is 0 Å². The van der Waals surface area contributed by atoms with Gasteiger partial charge in [-0.05, 0) is 94.1 Å². The Kier molecular flexibility index (Phi) is 5.39. The topological polar surface area (TPSA) is 53.8 Å². The first-order chi connectivity index (χ1) is 13.0. The van der Waals surface area contributed by atoms with Crippen molar-refractivity contribution in [2.45, 2.75) is 56.0 Å². The van der Waals surface area contributed by atoms with Gasteiger partial charge in [-0.15, -0.1) is 0 Å². The van der Waals surface area contributed by atoms with E-state index < -0.39 is 10.0 Å². The van der Waals surface area contributed by atoms with Crippen molar-refractivity contribution < 1.29 is 12.8 Å². The second kappa shape index (κ2) is 7.78. The van der Waals surface area contributed by atoms with Gasteiger partial charge < -0.3 is 9.32 Å². The smallest absolute Gasteiger partial charge is 0.243 e. The second-order valence-electron chi connectivity index (χ2n) is 7.80. The first-order valence-corrected chi connectivity index (χ1v) is 11.3. The Labute approximate surface area is 162 Å². The van der Waals surface area contributed by atoms with Crippen LogP contribution in [-0.4, -0.2) is 43.8 Å². The molecule has 2 aromatic rings. The number of rotatable bonds is 5. The van der Waals surface area contributed by atoms with Crippen molar-refractivity contribution in [2.75, 3.05) is 20.1 Å². The molecule has 1 aliphatic heterocycles. The molecule has 0 spiro atoms. The normalized spacial score (nSPS) is 19.3. The second-order valence-corrected chi connectivity index (χ2v) is 9.69. The fourth-order valence-corrected chi connectivity index (χ4v) is 5.96. The molecular formula is C21H28N2O3S. The van der Waals surface area contributed by atoms with E-state index in [9.17, 15) is 8.42 Å². The predicted molar refractivity (Wildman–Crippen MR) is 105 cm³/mol. The van der Waals surface area contributed by atoms with Crippen LogP contribution in [0, 0.1) is 0 Å². The summed E-state index contributed by atoms with van der Waals surface area (Å²) in [4.78, 5) is 2.68. The Balaban J connectivity index is 1.67. The molecule has 1 aromatic heterocycles. The SMILES string of the molecule is CN1CCC(N(Cc2ccco2)S(=O)(=O)c2ccc3c(c2)CCCC3)CC1. The Morgan fingerprint density at radius 3 is 2.56 bits per heavy atom. The lowest BCUT2D eigenvalue weighted by Gasteiger charge is -2.36. The lowest BCUT2D eigenvalue weighted by Crippen LogP contribution is -2.46. The van der Waals surface area contributed by atoms with E-state index in [1.54, 1.807) is 16.6 Å². The summed E-state index contributed by atoms with van der Waals surface area (Å²) in [5.74, 6) is 0.690. The quantitative estimate of drug-likeness (QED) is 0.787. The van der Waals surface area contributed by atoms with E-state index in [0.29, 0.717) is 17.2 Å². The van der Waals surface area contributed by atoms with Crippen LogP contribution in [0.1, 0.15) is 42.6 Å². The summed E-state index contributed by atoms with van der Waals surface area (Å²) in [5.41, 5.74) is 2.50. The molecule has 27 heavy (non-hydrogen) atoms. The number of hydrogen-bond donors (Lipinski definition) is 0. The highest BCUT2D eigenvalue weighted by Crippen LogP contribution is 2.29. The molecule has 0 saturated carbocycles. The van der Waals surface area contributed by atoms with E-state index in [1.807, 2.05) is 24.3 Å². The van der Waals surface area contributed by atoms with Crippen LogP contribution in [0.3, 0.4) is 0 Å². The molecule has 0 N–H and O–H groups in total. The van der Waals surface area contributed by atoms with E-state index in [1.165, 1.54) is 17.5 Å². The molecule has 1 aliphatic carbocycles. The number of nitrogens with zero attached hydrogens (tertiary/aromatic N) is 2. The summed E-state index contributed by atoms with van der Waals surface area (Å²) in [6.45, 7) is 2.12. The molecule has 2 heterocycles. The van der Waals surface area contributed by atoms with E-state index >= 15 is 0 Å². The fraction of sp³-hybridized carbons (Fsp3) is 0.524. The summed E-state index contributed by atoms with van der Waals surface area (Å²) in [5, 5.41) is 0. The molecule has 0 unspecified atom stereocenters. The van der Waals surface area contributed by atoms with Crippen molar-refractivity contribution in [3.63, 3.8) is 0 Å². The molecule has 146 valence electrons. The van der Waals surface area contributed by atoms with Gasteiger partial charge in [0.2, 0.25) is 10.0 Å². The molecule has 0 bridgehead atoms. The number of aryl methyl sites for hydroxylation is 2. The van der Waals surface area contributed by atoms with Gasteiger partial charge in [-0.3, -0.25) is 0 Å². The third-order valence-corrected chi connectivity index (χ3v) is 7.81. The van der Waals surface area contributed by atoms with E-state index in [4.69, 9.17) is 4.42 Å². The first-order valence-electron chi connectivity index (χ1n) is 9.88. The molecule has 2 aliphatic rings. The highest BCUT2D eigenvalue weighted by Gasteiger charge is 2.34. The van der Waals surface area contributed by atoms with Crippen molar-refractivity contribution in [1.82, 2.24) is 9.21 Å². The van der Waals surface area contributed by atoms with Gasteiger partial charge in [0.15, 0.2) is 0 Å². The number of furan rings is 1. The molecule has 5 nitrogen and oxygen atoms in total. The Hall–Kier alpha value is -1.63. The fourth-order valence-electron chi connectivity index (χ4n) is 4.26. The van der Waals surface area contributed by atoms with Crippen LogP contribution in [0.4, 0.5) is 0 Å². The van der Waals surface area contributed by atoms with Gasteiger partial charge in [0.05, 0.1) is 17.7 Å². The number of benzene rings is 1. The lowest BCUT2D eigenvalue weighted by molar-refractivity contribution is 0.173. The summed E-state index contributed by atoms with van der Waals surface area (Å²) in [7, 11) is -1.48. The minimum absolute atomic E-state index is 0.00679. The van der Waals surface area contributed by atoms with Crippen LogP contribution >= 0.6 is 0 Å². The van der Waals surface area contributed by atoms with Crippen LogP contribution in [0.25, 0.3) is 0 Å². The molecule has 4 rings (SSSR count). The van der Waals surface area contributed by atoms with Gasteiger partial charge in [0.1, 0.15) is 5.76 Å². The molecule has 1 saturated heterocycles. The largest absolute Gasteiger partial charge is 0.468 e. The third kappa shape index (κ3) is 3.98. The summed E-state index contributed by atoms with van der Waals surface area (Å²) >= 11 is 0. The molecule has 1 fully saturated rings. The zero-order valence-electron chi connectivity index (χ0n) is 15.9. The minimum Gasteiger partial charge on any atom is -0.468 e. The Morgan fingerprint density at radius 1 is 1.11 bits per heavy atom. The highest BCUT2D eigenvalue weighted by atomic mass is 32.2. The predicted octanol–water partition coefficient (Wildman–Crippen LogP) is 3.44. The number of likely N-dealkylation sites (tertiary alicyclic amines) is 1. The van der Waals surface area contributed by atoms with Crippen molar-refractivity contribution >= 4 is 10.0 Å². The standard InChI is InChI=1S/C21H28N2O3S/c1-22-12-10-19(11-13-22)23(16-20-7-4-14-26-20)27(24,25)21-9-8-17-5-2-3-6-18(17)15-21/h4,7-9,14-15,19H,2-3,5-6,10-13,16H2,1H3. The van der Waals surface area contributed by atoms with E-state index in [2.05, 4.69) is 11.9 Å². The van der Waals surface area contributed by atoms with Gasteiger partial charge in [-0.2, -0.15) is 4.31 Å². The summed E-state index contributed by atoms with van der Waals surface area (Å²) < 4.78 is 34.3. The lowest BCUT2D eigenvalue weighted by atomic mass is 9.92. The summed E-state index contributed by atoms with van der Waals surface area (Å²) in [6.07, 6.45) is 7.67. The zero-order chi connectivity index (χ0) is 18.9. The van der Waals surface area contributed by atoms with Crippen LogP contribution in [0.15, 0.2) is 45.9 Å². The maximum atomic E-state index is 13.6. The third-order valence-electron chi connectivity index (χ3n) is 5.91. The van der Waals surface area contributed by atoms with Gasteiger partial charge in [-0.1, -0.05) is 6.07 Å². The van der Waals surface area contributed by atoms with Crippen LogP contribution in [0.2, 0.25) is 0 Å². The van der Waals surface area contributed by atoms with E-state index in [0.717, 1.165) is 45.2 Å². The summed E-state index contributed by atoms with van der Waals surface area (Å²) in [6, 6.07) is 9.39. The van der Waals surface area contributed by atoms with E-state index in [-0.39, 0.29) is 6.04 Å². The molecule has 6 heteroatoms.